The summed E-state index contributed by atoms with van der Waals surface area (Å²) < 4.78 is 25.5. The molecule has 9 heteroatoms. The number of hydrogen-bond acceptors (Lipinski definition) is 6. The smallest absolute Gasteiger partial charge is 0.236 e. The van der Waals surface area contributed by atoms with E-state index in [2.05, 4.69) is 10.2 Å². The maximum Gasteiger partial charge on any atom is 0.236 e. The van der Waals surface area contributed by atoms with Crippen molar-refractivity contribution in [3.8, 4) is 5.69 Å². The molecule has 146 valence electrons. The van der Waals surface area contributed by atoms with Gasteiger partial charge in [0.05, 0.1) is 16.8 Å². The van der Waals surface area contributed by atoms with Gasteiger partial charge in [-0.25, -0.2) is 8.42 Å². The molecular weight excluding hydrogens is 384 g/mol. The number of thioether (sulfide) groups is 1. The second-order valence-corrected chi connectivity index (χ2v) is 10.2. The minimum atomic E-state index is -3.04. The van der Waals surface area contributed by atoms with Crippen LogP contribution in [0.25, 0.3) is 5.69 Å². The Balaban J connectivity index is 1.77. The van der Waals surface area contributed by atoms with E-state index in [0.717, 1.165) is 11.5 Å². The molecule has 27 heavy (non-hydrogen) atoms. The van der Waals surface area contributed by atoms with Crippen LogP contribution in [0.15, 0.2) is 35.5 Å². The third-order valence-electron chi connectivity index (χ3n) is 4.71. The Morgan fingerprint density at radius 2 is 2.04 bits per heavy atom. The van der Waals surface area contributed by atoms with Crippen LogP contribution in [0.5, 0.6) is 0 Å². The van der Waals surface area contributed by atoms with Gasteiger partial charge in [-0.15, -0.1) is 10.2 Å². The Morgan fingerprint density at radius 1 is 1.33 bits per heavy atom. The Labute approximate surface area is 164 Å². The molecule has 1 aromatic carbocycles. The van der Waals surface area contributed by atoms with Crippen molar-refractivity contribution in [3.05, 3.63) is 36.2 Å². The van der Waals surface area contributed by atoms with Gasteiger partial charge in [0.1, 0.15) is 5.82 Å². The van der Waals surface area contributed by atoms with Crippen molar-refractivity contribution < 1.29 is 13.2 Å². The largest absolute Gasteiger partial charge is 0.338 e. The fraction of sp³-hybridized carbons (Fsp3) is 0.500. The maximum absolute atomic E-state index is 13.0. The van der Waals surface area contributed by atoms with Crippen molar-refractivity contribution in [1.29, 1.82) is 0 Å². The second kappa shape index (κ2) is 8.02. The summed E-state index contributed by atoms with van der Waals surface area (Å²) in [5.41, 5.74) is 0.941. The van der Waals surface area contributed by atoms with E-state index in [9.17, 15) is 13.2 Å². The molecule has 1 saturated heterocycles. The van der Waals surface area contributed by atoms with Gasteiger partial charge in [0.15, 0.2) is 15.0 Å². The van der Waals surface area contributed by atoms with E-state index in [1.165, 1.54) is 11.8 Å². The number of sulfone groups is 1. The number of hydrogen-bond donors (Lipinski definition) is 0. The topological polar surface area (TPSA) is 85.2 Å². The van der Waals surface area contributed by atoms with Gasteiger partial charge in [-0.2, -0.15) is 0 Å². The van der Waals surface area contributed by atoms with Gasteiger partial charge in [-0.1, -0.05) is 30.0 Å². The zero-order chi connectivity index (χ0) is 19.6. The molecule has 0 N–H and O–H groups in total. The first-order valence-corrected chi connectivity index (χ1v) is 11.7. The molecule has 1 aliphatic rings. The van der Waals surface area contributed by atoms with E-state index >= 15 is 0 Å². The average molecular weight is 409 g/mol. The maximum atomic E-state index is 13.0. The summed E-state index contributed by atoms with van der Waals surface area (Å²) in [5.74, 6) is 0.899. The lowest BCUT2D eigenvalue weighted by Crippen LogP contribution is -2.44. The SMILES string of the molecule is CCN(C(=O)[C@@H](C)Sc1nnc(C)n1-c1ccccc1)[C@@H]1CCS(=O)(=O)C1. The fourth-order valence-corrected chi connectivity index (χ4v) is 6.06. The van der Waals surface area contributed by atoms with E-state index in [1.807, 2.05) is 55.7 Å². The molecule has 2 heterocycles. The van der Waals surface area contributed by atoms with Gasteiger partial charge in [0.25, 0.3) is 0 Å². The van der Waals surface area contributed by atoms with Crippen LogP contribution in [0, 0.1) is 6.92 Å². The quantitative estimate of drug-likeness (QED) is 0.681. The summed E-state index contributed by atoms with van der Waals surface area (Å²) >= 11 is 1.35. The molecule has 0 saturated carbocycles. The molecule has 7 nitrogen and oxygen atoms in total. The van der Waals surface area contributed by atoms with Crippen LogP contribution in [0.1, 0.15) is 26.1 Å². The highest BCUT2D eigenvalue weighted by molar-refractivity contribution is 8.00. The lowest BCUT2D eigenvalue weighted by molar-refractivity contribution is -0.131. The summed E-state index contributed by atoms with van der Waals surface area (Å²) in [6.07, 6.45) is 0.513. The molecule has 2 aromatic rings. The first kappa shape index (κ1) is 19.9. The number of benzene rings is 1. The van der Waals surface area contributed by atoms with Gasteiger partial charge in [-0.05, 0) is 39.3 Å². The highest BCUT2D eigenvalue weighted by atomic mass is 32.2. The van der Waals surface area contributed by atoms with Gasteiger partial charge in [0, 0.05) is 18.3 Å². The number of carbonyl (C=O) groups excluding carboxylic acids is 1. The Bertz CT molecular complexity index is 912. The molecule has 1 aromatic heterocycles. The normalized spacial score (nSPS) is 19.7. The van der Waals surface area contributed by atoms with Crippen molar-refractivity contribution in [2.24, 2.45) is 0 Å². The molecular formula is C18H24N4O3S2. The molecule has 0 radical (unpaired) electrons. The van der Waals surface area contributed by atoms with Crippen LogP contribution in [0.2, 0.25) is 0 Å². The van der Waals surface area contributed by atoms with Crippen molar-refractivity contribution in [1.82, 2.24) is 19.7 Å². The number of amides is 1. The van der Waals surface area contributed by atoms with E-state index in [4.69, 9.17) is 0 Å². The fourth-order valence-electron chi connectivity index (χ4n) is 3.35. The Kier molecular flexibility index (Phi) is 5.90. The second-order valence-electron chi connectivity index (χ2n) is 6.64. The average Bonchev–Trinajstić information content (AvgIpc) is 3.18. The van der Waals surface area contributed by atoms with Crippen LogP contribution in [-0.4, -0.2) is 63.3 Å². The van der Waals surface area contributed by atoms with E-state index in [0.29, 0.717) is 18.1 Å². The minimum absolute atomic E-state index is 0.0588. The zero-order valence-corrected chi connectivity index (χ0v) is 17.3. The first-order chi connectivity index (χ1) is 12.8. The molecule has 3 rings (SSSR count). The minimum Gasteiger partial charge on any atom is -0.338 e. The van der Waals surface area contributed by atoms with Gasteiger partial charge in [-0.3, -0.25) is 9.36 Å². The molecule has 0 spiro atoms. The monoisotopic (exact) mass is 408 g/mol. The van der Waals surface area contributed by atoms with Crippen molar-refractivity contribution in [2.75, 3.05) is 18.1 Å². The number of para-hydroxylation sites is 1. The summed E-state index contributed by atoms with van der Waals surface area (Å²) in [6, 6.07) is 9.53. The lowest BCUT2D eigenvalue weighted by Gasteiger charge is -2.29. The molecule has 2 atom stereocenters. The van der Waals surface area contributed by atoms with Gasteiger partial charge in [0.2, 0.25) is 5.91 Å². The third kappa shape index (κ3) is 4.35. The Morgan fingerprint density at radius 3 is 2.63 bits per heavy atom. The van der Waals surface area contributed by atoms with Crippen molar-refractivity contribution in [3.63, 3.8) is 0 Å². The molecule has 1 fully saturated rings. The summed E-state index contributed by atoms with van der Waals surface area (Å²) in [5, 5.41) is 8.64. The molecule has 0 unspecified atom stereocenters. The highest BCUT2D eigenvalue weighted by Gasteiger charge is 2.35. The summed E-state index contributed by atoms with van der Waals surface area (Å²) in [4.78, 5) is 14.7. The predicted octanol–water partition coefficient (Wildman–Crippen LogP) is 2.09. The third-order valence-corrected chi connectivity index (χ3v) is 7.49. The van der Waals surface area contributed by atoms with E-state index < -0.39 is 9.84 Å². The first-order valence-electron chi connectivity index (χ1n) is 8.97. The number of nitrogens with zero attached hydrogens (tertiary/aromatic N) is 4. The number of carbonyl (C=O) groups is 1. The zero-order valence-electron chi connectivity index (χ0n) is 15.7. The number of rotatable bonds is 6. The van der Waals surface area contributed by atoms with Gasteiger partial charge >= 0.3 is 0 Å². The molecule has 0 bridgehead atoms. The lowest BCUT2D eigenvalue weighted by atomic mass is 10.2. The Hall–Kier alpha value is -1.87. The van der Waals surface area contributed by atoms with Gasteiger partial charge < -0.3 is 4.90 Å². The van der Waals surface area contributed by atoms with Crippen molar-refractivity contribution in [2.45, 2.75) is 43.6 Å². The number of aryl methyl sites for hydroxylation is 1. The number of aromatic nitrogens is 3. The van der Waals surface area contributed by atoms with Crippen LogP contribution < -0.4 is 0 Å². The molecule has 1 amide bonds. The summed E-state index contributed by atoms with van der Waals surface area (Å²) in [7, 11) is -3.04. The van der Waals surface area contributed by atoms with Crippen LogP contribution in [0.4, 0.5) is 0 Å². The van der Waals surface area contributed by atoms with E-state index in [1.54, 1.807) is 4.90 Å². The van der Waals surface area contributed by atoms with Crippen molar-refractivity contribution >= 4 is 27.5 Å². The highest BCUT2D eigenvalue weighted by Crippen LogP contribution is 2.28. The van der Waals surface area contributed by atoms with Crippen LogP contribution >= 0.6 is 11.8 Å². The van der Waals surface area contributed by atoms with Crippen LogP contribution in [-0.2, 0) is 14.6 Å². The summed E-state index contributed by atoms with van der Waals surface area (Å²) in [6.45, 7) is 6.09. The van der Waals surface area contributed by atoms with E-state index in [-0.39, 0.29) is 28.7 Å². The van der Waals surface area contributed by atoms with Crippen LogP contribution in [0.3, 0.4) is 0 Å². The molecule has 0 aliphatic carbocycles. The predicted molar refractivity (Wildman–Crippen MR) is 106 cm³/mol. The molecule has 1 aliphatic heterocycles. The standard InChI is InChI=1S/C18H24N4O3S2/c1-4-21(16-10-11-27(24,25)12-16)17(23)13(2)26-18-20-19-14(3)22(18)15-8-6-5-7-9-15/h5-9,13,16H,4,10-12H2,1-3H3/t13-,16-/m1/s1.